The van der Waals surface area contributed by atoms with Crippen LogP contribution in [0.4, 0.5) is 0 Å². The average Bonchev–Trinajstić information content (AvgIpc) is 3.06. The highest BCUT2D eigenvalue weighted by molar-refractivity contribution is 5.91. The summed E-state index contributed by atoms with van der Waals surface area (Å²) < 4.78 is 2.32. The Morgan fingerprint density at radius 2 is 2.04 bits per heavy atom. The number of carbonyl (C=O) groups is 1. The van der Waals surface area contributed by atoms with Gasteiger partial charge in [0.15, 0.2) is 0 Å². The number of rotatable bonds is 11. The van der Waals surface area contributed by atoms with E-state index in [0.29, 0.717) is 0 Å². The number of fused-ring (bicyclic) bond motifs is 1. The molecule has 2 N–H and O–H groups in total. The van der Waals surface area contributed by atoms with E-state index >= 15 is 0 Å². The molecule has 0 fully saturated rings. The van der Waals surface area contributed by atoms with Gasteiger partial charge in [0.05, 0.1) is 11.0 Å². The van der Waals surface area contributed by atoms with E-state index in [1.807, 2.05) is 12.1 Å². The number of aryl methyl sites for hydroxylation is 1. The van der Waals surface area contributed by atoms with Crippen LogP contribution in [0.3, 0.4) is 0 Å². The second-order valence-electron chi connectivity index (χ2n) is 6.68. The molecule has 1 amide bonds. The molecule has 0 aliphatic carbocycles. The summed E-state index contributed by atoms with van der Waals surface area (Å²) in [4.78, 5) is 18.5. The number of hydrogen-bond acceptors (Lipinski definition) is 4. The van der Waals surface area contributed by atoms with Gasteiger partial charge in [-0.05, 0) is 49.7 Å². The minimum absolute atomic E-state index is 0.548. The Morgan fingerprint density at radius 1 is 1.25 bits per heavy atom. The van der Waals surface area contributed by atoms with Gasteiger partial charge in [-0.2, -0.15) is 0 Å². The molecule has 0 radical (unpaired) electrons. The first-order valence-electron chi connectivity index (χ1n) is 10.1. The minimum atomic E-state index is -0.548. The predicted molar refractivity (Wildman–Crippen MR) is 114 cm³/mol. The largest absolute Gasteiger partial charge is 0.327 e. The first-order chi connectivity index (χ1) is 13.6. The Hall–Kier alpha value is -2.44. The quantitative estimate of drug-likeness (QED) is 0.268. The number of nitrogens with zero attached hydrogens (tertiary/aromatic N) is 3. The van der Waals surface area contributed by atoms with Crippen molar-refractivity contribution in [3.8, 4) is 0 Å². The summed E-state index contributed by atoms with van der Waals surface area (Å²) in [6.07, 6.45) is 10.3. The molecule has 0 aliphatic rings. The molecule has 28 heavy (non-hydrogen) atoms. The lowest BCUT2D eigenvalue weighted by Gasteiger charge is -2.19. The summed E-state index contributed by atoms with van der Waals surface area (Å²) in [7, 11) is 0. The van der Waals surface area contributed by atoms with Crippen LogP contribution in [-0.4, -0.2) is 45.2 Å². The fourth-order valence-electron chi connectivity index (χ4n) is 3.23. The Bertz CT molecular complexity index is 819. The number of imidazole rings is 1. The highest BCUT2D eigenvalue weighted by Gasteiger charge is 2.11. The molecule has 152 valence electrons. The molecule has 2 aromatic rings. The average molecular weight is 385 g/mol. The highest BCUT2D eigenvalue weighted by atomic mass is 16.5. The molecule has 6 nitrogen and oxygen atoms in total. The fourth-order valence-corrected chi connectivity index (χ4v) is 3.23. The predicted octanol–water partition coefficient (Wildman–Crippen LogP) is 3.80. The molecule has 0 unspecified atom stereocenters. The number of allylic oxidation sites excluding steroid dienone is 2. The van der Waals surface area contributed by atoms with E-state index in [-0.39, 0.29) is 0 Å². The minimum Gasteiger partial charge on any atom is -0.327 e. The fraction of sp³-hybridized carbons (Fsp3) is 0.455. The molecule has 2 rings (SSSR count). The van der Waals surface area contributed by atoms with Gasteiger partial charge in [0.25, 0.3) is 5.91 Å². The number of aromatic nitrogens is 2. The molecule has 0 aliphatic heterocycles. The second-order valence-corrected chi connectivity index (χ2v) is 6.68. The normalized spacial score (nSPS) is 12.0. The lowest BCUT2D eigenvalue weighted by molar-refractivity contribution is -0.124. The van der Waals surface area contributed by atoms with Crippen molar-refractivity contribution in [3.63, 3.8) is 0 Å². The van der Waals surface area contributed by atoms with Gasteiger partial charge in [0, 0.05) is 25.6 Å². The Kier molecular flexibility index (Phi) is 8.91. The van der Waals surface area contributed by atoms with Crippen LogP contribution in [-0.2, 0) is 17.8 Å². The number of amides is 1. The first kappa shape index (κ1) is 21.9. The van der Waals surface area contributed by atoms with Gasteiger partial charge >= 0.3 is 0 Å². The Morgan fingerprint density at radius 3 is 2.71 bits per heavy atom. The first-order valence-corrected chi connectivity index (χ1v) is 10.1. The lowest BCUT2D eigenvalue weighted by Crippen LogP contribution is -2.27. The van der Waals surface area contributed by atoms with E-state index < -0.39 is 5.91 Å². The van der Waals surface area contributed by atoms with Gasteiger partial charge in [-0.3, -0.25) is 10.0 Å². The zero-order chi connectivity index (χ0) is 20.4. The van der Waals surface area contributed by atoms with Crippen LogP contribution in [0.2, 0.25) is 0 Å². The molecular weight excluding hydrogens is 352 g/mol. The maximum Gasteiger partial charge on any atom is 0.267 e. The third-order valence-electron chi connectivity index (χ3n) is 4.86. The maximum atomic E-state index is 11.2. The van der Waals surface area contributed by atoms with Crippen molar-refractivity contribution in [1.29, 1.82) is 0 Å². The van der Waals surface area contributed by atoms with Crippen molar-refractivity contribution in [2.24, 2.45) is 0 Å². The van der Waals surface area contributed by atoms with Crippen LogP contribution in [0.5, 0.6) is 0 Å². The smallest absolute Gasteiger partial charge is 0.267 e. The van der Waals surface area contributed by atoms with E-state index in [9.17, 15) is 4.79 Å². The molecular formula is C22H32N4O2. The number of benzene rings is 1. The lowest BCUT2D eigenvalue weighted by atomic mass is 10.2. The van der Waals surface area contributed by atoms with Gasteiger partial charge in [0.2, 0.25) is 0 Å². The molecule has 0 saturated carbocycles. The van der Waals surface area contributed by atoms with Crippen LogP contribution >= 0.6 is 0 Å². The van der Waals surface area contributed by atoms with E-state index in [4.69, 9.17) is 10.2 Å². The van der Waals surface area contributed by atoms with E-state index in [1.165, 1.54) is 6.08 Å². The second kappa shape index (κ2) is 11.4. The van der Waals surface area contributed by atoms with E-state index in [1.54, 1.807) is 11.6 Å². The molecule has 0 atom stereocenters. The maximum absolute atomic E-state index is 11.2. The molecule has 0 bridgehead atoms. The van der Waals surface area contributed by atoms with Crippen molar-refractivity contribution >= 4 is 23.0 Å². The highest BCUT2D eigenvalue weighted by Crippen LogP contribution is 2.20. The van der Waals surface area contributed by atoms with Crippen molar-refractivity contribution in [2.75, 3.05) is 19.6 Å². The summed E-state index contributed by atoms with van der Waals surface area (Å²) in [5.41, 5.74) is 4.52. The van der Waals surface area contributed by atoms with Gasteiger partial charge < -0.3 is 9.47 Å². The van der Waals surface area contributed by atoms with Gasteiger partial charge in [-0.15, -0.1) is 0 Å². The third-order valence-corrected chi connectivity index (χ3v) is 4.86. The van der Waals surface area contributed by atoms with Crippen LogP contribution in [0.25, 0.3) is 17.1 Å². The monoisotopic (exact) mass is 384 g/mol. The van der Waals surface area contributed by atoms with Gasteiger partial charge in [0.1, 0.15) is 5.82 Å². The molecule has 1 aromatic heterocycles. The Labute approximate surface area is 167 Å². The van der Waals surface area contributed by atoms with Gasteiger partial charge in [-0.1, -0.05) is 39.0 Å². The van der Waals surface area contributed by atoms with Gasteiger partial charge in [-0.25, -0.2) is 10.5 Å². The number of hydrogen-bond donors (Lipinski definition) is 2. The standard InChI is InChI=1S/C22H32N4O2/c1-4-7-8-9-10-21-23-19-17-18(12-14-22(27)24-28)11-13-20(19)26(21)16-15-25(5-2)6-3/h7-8,11-14,17,28H,4-6,9-10,15-16H2,1-3H3,(H,24,27). The number of nitrogens with one attached hydrogen (secondary N) is 1. The zero-order valence-electron chi connectivity index (χ0n) is 17.2. The molecule has 0 spiro atoms. The van der Waals surface area contributed by atoms with Crippen molar-refractivity contribution in [3.05, 3.63) is 47.8 Å². The van der Waals surface area contributed by atoms with Crippen LogP contribution < -0.4 is 5.48 Å². The van der Waals surface area contributed by atoms with Crippen molar-refractivity contribution in [1.82, 2.24) is 19.9 Å². The summed E-state index contributed by atoms with van der Waals surface area (Å²) in [5.74, 6) is 0.547. The molecule has 1 aromatic carbocycles. The Balaban J connectivity index is 2.30. The molecule has 1 heterocycles. The summed E-state index contributed by atoms with van der Waals surface area (Å²) in [5, 5.41) is 8.61. The number of likely N-dealkylation sites (N-methyl/N-ethyl adjacent to an activating group) is 1. The zero-order valence-corrected chi connectivity index (χ0v) is 17.2. The van der Waals surface area contributed by atoms with Crippen LogP contribution in [0.15, 0.2) is 36.4 Å². The SMILES string of the molecule is CCC=CCCc1nc2cc(C=CC(=O)NO)ccc2n1CCN(CC)CC. The topological polar surface area (TPSA) is 70.4 Å². The molecule has 6 heteroatoms. The number of carbonyl (C=O) groups excluding carboxylic acids is 1. The van der Waals surface area contributed by atoms with E-state index in [2.05, 4.69) is 48.5 Å². The van der Waals surface area contributed by atoms with Crippen LogP contribution in [0.1, 0.15) is 45.0 Å². The van der Waals surface area contributed by atoms with Crippen molar-refractivity contribution < 1.29 is 10.0 Å². The molecule has 0 saturated heterocycles. The summed E-state index contributed by atoms with van der Waals surface area (Å²) in [6.45, 7) is 10.5. The van der Waals surface area contributed by atoms with E-state index in [0.717, 1.165) is 67.9 Å². The summed E-state index contributed by atoms with van der Waals surface area (Å²) in [6, 6.07) is 6.02. The number of hydroxylamine groups is 1. The summed E-state index contributed by atoms with van der Waals surface area (Å²) >= 11 is 0. The van der Waals surface area contributed by atoms with Crippen LogP contribution in [0, 0.1) is 0 Å². The third kappa shape index (κ3) is 6.04. The van der Waals surface area contributed by atoms with Crippen molar-refractivity contribution in [2.45, 2.75) is 46.6 Å².